The van der Waals surface area contributed by atoms with Crippen molar-refractivity contribution in [2.75, 3.05) is 13.2 Å². The first-order valence-electron chi connectivity index (χ1n) is 4.64. The maximum atomic E-state index is 11.0. The van der Waals surface area contributed by atoms with Crippen molar-refractivity contribution in [2.45, 2.75) is 26.4 Å². The zero-order valence-corrected chi connectivity index (χ0v) is 8.99. The van der Waals surface area contributed by atoms with Crippen molar-refractivity contribution in [3.05, 3.63) is 12.2 Å². The second kappa shape index (κ2) is 7.00. The summed E-state index contributed by atoms with van der Waals surface area (Å²) in [6.45, 7) is 6.00. The monoisotopic (exact) mass is 216 g/mol. The van der Waals surface area contributed by atoms with Gasteiger partial charge < -0.3 is 14.6 Å². The summed E-state index contributed by atoms with van der Waals surface area (Å²) in [5.74, 6) is -1.01. The van der Waals surface area contributed by atoms with E-state index in [0.717, 1.165) is 0 Å². The minimum Gasteiger partial charge on any atom is -0.458 e. The van der Waals surface area contributed by atoms with Crippen molar-refractivity contribution in [1.29, 1.82) is 0 Å². The average Bonchev–Trinajstić information content (AvgIpc) is 2.22. The number of hydrogen-bond donors (Lipinski definition) is 1. The maximum absolute atomic E-state index is 11.0. The van der Waals surface area contributed by atoms with Crippen LogP contribution in [0.5, 0.6) is 0 Å². The van der Waals surface area contributed by atoms with E-state index in [-0.39, 0.29) is 25.2 Å². The van der Waals surface area contributed by atoms with Gasteiger partial charge in [-0.25, -0.2) is 4.79 Å². The van der Waals surface area contributed by atoms with Gasteiger partial charge in [-0.1, -0.05) is 13.5 Å². The molecular formula is C10H16O5. The molecule has 0 rings (SSSR count). The summed E-state index contributed by atoms with van der Waals surface area (Å²) >= 11 is 0. The van der Waals surface area contributed by atoms with Crippen molar-refractivity contribution in [2.24, 2.45) is 0 Å². The van der Waals surface area contributed by atoms with Gasteiger partial charge in [0, 0.05) is 12.0 Å². The normalized spacial score (nSPS) is 11.7. The highest BCUT2D eigenvalue weighted by Gasteiger charge is 2.15. The third kappa shape index (κ3) is 5.85. The van der Waals surface area contributed by atoms with E-state index in [1.54, 1.807) is 6.92 Å². The average molecular weight is 216 g/mol. The van der Waals surface area contributed by atoms with E-state index < -0.39 is 18.0 Å². The third-order valence-corrected chi connectivity index (χ3v) is 1.54. The minimum absolute atomic E-state index is 0.159. The molecule has 0 aromatic rings. The van der Waals surface area contributed by atoms with Crippen molar-refractivity contribution in [3.8, 4) is 0 Å². The molecule has 0 fully saturated rings. The van der Waals surface area contributed by atoms with Crippen molar-refractivity contribution >= 4 is 11.9 Å². The molecule has 1 atom stereocenters. The molecule has 0 aliphatic heterocycles. The van der Waals surface area contributed by atoms with Gasteiger partial charge in [0.05, 0.1) is 6.61 Å². The van der Waals surface area contributed by atoms with E-state index in [9.17, 15) is 9.59 Å². The predicted molar refractivity (Wildman–Crippen MR) is 53.0 cm³/mol. The molecule has 0 radical (unpaired) electrons. The molecule has 86 valence electrons. The Morgan fingerprint density at radius 1 is 1.47 bits per heavy atom. The van der Waals surface area contributed by atoms with Crippen LogP contribution in [-0.4, -0.2) is 36.4 Å². The largest absolute Gasteiger partial charge is 0.458 e. The Balaban J connectivity index is 3.95. The molecule has 0 saturated heterocycles. The lowest BCUT2D eigenvalue weighted by Gasteiger charge is -2.14. The van der Waals surface area contributed by atoms with E-state index in [2.05, 4.69) is 6.58 Å². The van der Waals surface area contributed by atoms with Gasteiger partial charge in [0.15, 0.2) is 6.10 Å². The Kier molecular flexibility index (Phi) is 6.37. The standard InChI is InChI=1S/C10H16O5/c1-4-9(12)15-8(5-11)6-14-10(13)7(2)3/h8,11H,2,4-6H2,1,3H3. The molecule has 1 N–H and O–H groups in total. The van der Waals surface area contributed by atoms with Gasteiger partial charge >= 0.3 is 11.9 Å². The summed E-state index contributed by atoms with van der Waals surface area (Å²) in [4.78, 5) is 21.8. The van der Waals surface area contributed by atoms with Gasteiger partial charge in [-0.15, -0.1) is 0 Å². The highest BCUT2D eigenvalue weighted by molar-refractivity contribution is 5.86. The van der Waals surface area contributed by atoms with Crippen LogP contribution in [0.1, 0.15) is 20.3 Å². The zero-order chi connectivity index (χ0) is 11.8. The molecule has 5 nitrogen and oxygen atoms in total. The smallest absolute Gasteiger partial charge is 0.333 e. The topological polar surface area (TPSA) is 72.8 Å². The van der Waals surface area contributed by atoms with Crippen LogP contribution in [-0.2, 0) is 19.1 Å². The highest BCUT2D eigenvalue weighted by Crippen LogP contribution is 1.99. The van der Waals surface area contributed by atoms with Gasteiger partial charge in [0.1, 0.15) is 6.61 Å². The summed E-state index contributed by atoms with van der Waals surface area (Å²) in [6.07, 6.45) is -0.592. The van der Waals surface area contributed by atoms with E-state index in [1.807, 2.05) is 0 Å². The molecule has 0 aliphatic carbocycles. The Morgan fingerprint density at radius 2 is 2.07 bits per heavy atom. The highest BCUT2D eigenvalue weighted by atomic mass is 16.6. The molecule has 0 spiro atoms. The molecule has 15 heavy (non-hydrogen) atoms. The number of carbonyl (C=O) groups is 2. The van der Waals surface area contributed by atoms with E-state index in [1.165, 1.54) is 6.92 Å². The van der Waals surface area contributed by atoms with Crippen LogP contribution in [0.15, 0.2) is 12.2 Å². The van der Waals surface area contributed by atoms with Crippen LogP contribution in [0.25, 0.3) is 0 Å². The second-order valence-corrected chi connectivity index (χ2v) is 3.03. The fourth-order valence-electron chi connectivity index (χ4n) is 0.685. The number of hydrogen-bond acceptors (Lipinski definition) is 5. The number of carbonyl (C=O) groups excluding carboxylic acids is 2. The second-order valence-electron chi connectivity index (χ2n) is 3.03. The summed E-state index contributed by atoms with van der Waals surface area (Å²) in [7, 11) is 0. The minimum atomic E-state index is -0.805. The first-order valence-corrected chi connectivity index (χ1v) is 4.64. The SMILES string of the molecule is C=C(C)C(=O)OCC(CO)OC(=O)CC. The molecule has 0 amide bonds. The fourth-order valence-corrected chi connectivity index (χ4v) is 0.685. The Labute approximate surface area is 88.7 Å². The van der Waals surface area contributed by atoms with Gasteiger partial charge in [-0.3, -0.25) is 4.79 Å². The lowest BCUT2D eigenvalue weighted by Crippen LogP contribution is -2.28. The summed E-state index contributed by atoms with van der Waals surface area (Å²) in [5.41, 5.74) is 0.258. The van der Waals surface area contributed by atoms with Crippen molar-refractivity contribution in [3.63, 3.8) is 0 Å². The molecule has 0 aromatic carbocycles. The van der Waals surface area contributed by atoms with Crippen LogP contribution < -0.4 is 0 Å². The summed E-state index contributed by atoms with van der Waals surface area (Å²) in [5, 5.41) is 8.83. The quantitative estimate of drug-likeness (QED) is 0.514. The molecule has 0 aliphatic rings. The number of aliphatic hydroxyl groups excluding tert-OH is 1. The van der Waals surface area contributed by atoms with E-state index in [0.29, 0.717) is 0 Å². The molecular weight excluding hydrogens is 200 g/mol. The zero-order valence-electron chi connectivity index (χ0n) is 8.99. The first-order chi connectivity index (χ1) is 7.01. The summed E-state index contributed by atoms with van der Waals surface area (Å²) < 4.78 is 9.51. The molecule has 1 unspecified atom stereocenters. The molecule has 0 aromatic heterocycles. The Morgan fingerprint density at radius 3 is 2.47 bits per heavy atom. The molecule has 0 bridgehead atoms. The van der Waals surface area contributed by atoms with Crippen LogP contribution in [0.2, 0.25) is 0 Å². The predicted octanol–water partition coefficient (Wildman–Crippen LogP) is 0.420. The van der Waals surface area contributed by atoms with Crippen molar-refractivity contribution < 1.29 is 24.2 Å². The fraction of sp³-hybridized carbons (Fsp3) is 0.600. The number of aliphatic hydroxyl groups is 1. The lowest BCUT2D eigenvalue weighted by atomic mass is 10.3. The van der Waals surface area contributed by atoms with Gasteiger partial charge in [0.25, 0.3) is 0 Å². The van der Waals surface area contributed by atoms with Crippen molar-refractivity contribution in [1.82, 2.24) is 0 Å². The van der Waals surface area contributed by atoms with Crippen LogP contribution in [0.3, 0.4) is 0 Å². The van der Waals surface area contributed by atoms with Crippen LogP contribution >= 0.6 is 0 Å². The number of rotatable bonds is 6. The number of ether oxygens (including phenoxy) is 2. The first kappa shape index (κ1) is 13.6. The summed E-state index contributed by atoms with van der Waals surface area (Å²) in [6, 6.07) is 0. The van der Waals surface area contributed by atoms with Gasteiger partial charge in [-0.2, -0.15) is 0 Å². The Hall–Kier alpha value is -1.36. The van der Waals surface area contributed by atoms with Gasteiger partial charge in [0.2, 0.25) is 0 Å². The maximum Gasteiger partial charge on any atom is 0.333 e. The lowest BCUT2D eigenvalue weighted by molar-refractivity contribution is -0.159. The van der Waals surface area contributed by atoms with E-state index in [4.69, 9.17) is 14.6 Å². The third-order valence-electron chi connectivity index (χ3n) is 1.54. The molecule has 0 saturated carbocycles. The van der Waals surface area contributed by atoms with E-state index >= 15 is 0 Å². The number of esters is 2. The molecule has 5 heteroatoms. The molecule has 0 heterocycles. The Bertz CT molecular complexity index is 246. The van der Waals surface area contributed by atoms with Gasteiger partial charge in [-0.05, 0) is 6.92 Å². The van der Waals surface area contributed by atoms with Crippen LogP contribution in [0.4, 0.5) is 0 Å². The van der Waals surface area contributed by atoms with Crippen LogP contribution in [0, 0.1) is 0 Å².